The number of hydrogen-bond donors (Lipinski definition) is 1. The highest BCUT2D eigenvalue weighted by Crippen LogP contribution is 2.24. The molecule has 0 radical (unpaired) electrons. The van der Waals surface area contributed by atoms with Crippen molar-refractivity contribution in [3.05, 3.63) is 75.0 Å². The molecule has 154 valence electrons. The summed E-state index contributed by atoms with van der Waals surface area (Å²) >= 11 is 0. The molecule has 1 aliphatic heterocycles. The van der Waals surface area contributed by atoms with Crippen LogP contribution in [0.3, 0.4) is 0 Å². The molecule has 0 aliphatic carbocycles. The molecule has 3 aromatic rings. The maximum Gasteiger partial charge on any atom is 0.330 e. The Morgan fingerprint density at radius 3 is 2.80 bits per heavy atom. The number of benzene rings is 1. The lowest BCUT2D eigenvalue weighted by atomic mass is 10.1. The monoisotopic (exact) mass is 405 g/mol. The number of nitrogens with zero attached hydrogens (tertiary/aromatic N) is 4. The molecule has 0 unspecified atom stereocenters. The van der Waals surface area contributed by atoms with E-state index in [1.165, 1.54) is 36.4 Å². The number of amides is 1. The van der Waals surface area contributed by atoms with E-state index in [1.54, 1.807) is 13.1 Å². The minimum Gasteiger partial charge on any atom is -0.334 e. The molecule has 0 saturated carbocycles. The zero-order valence-corrected chi connectivity index (χ0v) is 17.0. The van der Waals surface area contributed by atoms with Gasteiger partial charge in [0.05, 0.1) is 11.3 Å². The molecule has 1 aliphatic rings. The molecule has 0 fully saturated rings. The lowest BCUT2D eigenvalue weighted by molar-refractivity contribution is -0.111. The summed E-state index contributed by atoms with van der Waals surface area (Å²) in [7, 11) is 2.96. The van der Waals surface area contributed by atoms with Crippen molar-refractivity contribution in [3.8, 4) is 11.3 Å². The van der Waals surface area contributed by atoms with Crippen LogP contribution in [-0.4, -0.2) is 24.6 Å². The number of imidazole rings is 1. The van der Waals surface area contributed by atoms with E-state index in [1.807, 2.05) is 18.2 Å². The van der Waals surface area contributed by atoms with Crippen molar-refractivity contribution in [3.63, 3.8) is 0 Å². The van der Waals surface area contributed by atoms with Gasteiger partial charge in [-0.15, -0.1) is 0 Å². The lowest BCUT2D eigenvalue weighted by Crippen LogP contribution is -2.37. The first-order chi connectivity index (χ1) is 14.4. The largest absolute Gasteiger partial charge is 0.334 e. The summed E-state index contributed by atoms with van der Waals surface area (Å²) in [4.78, 5) is 41.0. The van der Waals surface area contributed by atoms with Gasteiger partial charge in [-0.1, -0.05) is 12.1 Å². The topological polar surface area (TPSA) is 90.9 Å². The lowest BCUT2D eigenvalue weighted by Gasteiger charge is -2.11. The van der Waals surface area contributed by atoms with Gasteiger partial charge in [-0.05, 0) is 31.1 Å². The minimum atomic E-state index is -0.451. The minimum absolute atomic E-state index is 0.257. The molecule has 1 aromatic carbocycles. The summed E-state index contributed by atoms with van der Waals surface area (Å²) in [5.74, 6) is 0.736. The second kappa shape index (κ2) is 7.98. The highest BCUT2D eigenvalue weighted by atomic mass is 16.2. The molecule has 8 heteroatoms. The Kier molecular flexibility index (Phi) is 5.22. The fourth-order valence-electron chi connectivity index (χ4n) is 3.61. The third-order valence-electron chi connectivity index (χ3n) is 5.22. The van der Waals surface area contributed by atoms with E-state index >= 15 is 0 Å². The van der Waals surface area contributed by atoms with Gasteiger partial charge in [-0.25, -0.2) is 9.78 Å². The summed E-state index contributed by atoms with van der Waals surface area (Å²) in [6, 6.07) is 7.52. The molecule has 0 atom stereocenters. The van der Waals surface area contributed by atoms with Gasteiger partial charge < -0.3 is 14.5 Å². The zero-order valence-electron chi connectivity index (χ0n) is 17.0. The van der Waals surface area contributed by atoms with E-state index in [0.29, 0.717) is 5.69 Å². The van der Waals surface area contributed by atoms with Crippen LogP contribution in [0.4, 0.5) is 5.69 Å². The molecular weight excluding hydrogens is 382 g/mol. The maximum atomic E-state index is 12.3. The van der Waals surface area contributed by atoms with Crippen molar-refractivity contribution in [2.24, 2.45) is 14.1 Å². The van der Waals surface area contributed by atoms with E-state index in [4.69, 9.17) is 4.98 Å². The van der Waals surface area contributed by atoms with Crippen LogP contribution in [0.1, 0.15) is 24.2 Å². The first-order valence-corrected chi connectivity index (χ1v) is 9.84. The third-order valence-corrected chi connectivity index (χ3v) is 5.22. The van der Waals surface area contributed by atoms with Crippen LogP contribution in [-0.2, 0) is 31.9 Å². The summed E-state index contributed by atoms with van der Waals surface area (Å²) in [6.07, 6.45) is 9.49. The van der Waals surface area contributed by atoms with E-state index in [2.05, 4.69) is 16.1 Å². The number of rotatable bonds is 4. The molecule has 3 heterocycles. The number of carbonyl (C=O) groups excluding carboxylic acids is 1. The van der Waals surface area contributed by atoms with Crippen LogP contribution in [0, 0.1) is 0 Å². The fraction of sp³-hybridized carbons (Fsp3) is 0.273. The second-order valence-electron chi connectivity index (χ2n) is 7.44. The van der Waals surface area contributed by atoms with Gasteiger partial charge in [0.25, 0.3) is 5.56 Å². The molecule has 0 bridgehead atoms. The Balaban J connectivity index is 1.51. The summed E-state index contributed by atoms with van der Waals surface area (Å²) in [5.41, 5.74) is 1.86. The number of aromatic nitrogens is 4. The fourth-order valence-corrected chi connectivity index (χ4v) is 3.61. The quantitative estimate of drug-likeness (QED) is 0.672. The number of fused-ring (bicyclic) bond motifs is 1. The van der Waals surface area contributed by atoms with E-state index < -0.39 is 11.2 Å². The number of nitrogens with one attached hydrogen (secondary N) is 1. The zero-order chi connectivity index (χ0) is 21.3. The highest BCUT2D eigenvalue weighted by molar-refractivity contribution is 6.02. The summed E-state index contributed by atoms with van der Waals surface area (Å²) in [5, 5.41) is 2.81. The highest BCUT2D eigenvalue weighted by Gasteiger charge is 2.13. The van der Waals surface area contributed by atoms with Crippen molar-refractivity contribution in [2.75, 3.05) is 5.32 Å². The van der Waals surface area contributed by atoms with Crippen LogP contribution in [0.25, 0.3) is 17.3 Å². The maximum absolute atomic E-state index is 12.3. The predicted octanol–water partition coefficient (Wildman–Crippen LogP) is 1.94. The van der Waals surface area contributed by atoms with Crippen LogP contribution in [0.5, 0.6) is 0 Å². The predicted molar refractivity (Wildman–Crippen MR) is 115 cm³/mol. The molecular formula is C22H23N5O3. The van der Waals surface area contributed by atoms with Gasteiger partial charge in [0, 0.05) is 56.8 Å². The molecule has 8 nitrogen and oxygen atoms in total. The Labute approximate surface area is 173 Å². The van der Waals surface area contributed by atoms with Crippen molar-refractivity contribution in [2.45, 2.75) is 25.8 Å². The van der Waals surface area contributed by atoms with Gasteiger partial charge in [0.2, 0.25) is 5.91 Å². The Morgan fingerprint density at radius 2 is 2.00 bits per heavy atom. The molecule has 1 amide bonds. The normalized spacial score (nSPS) is 13.4. The number of anilines is 1. The van der Waals surface area contributed by atoms with Crippen molar-refractivity contribution >= 4 is 17.7 Å². The summed E-state index contributed by atoms with van der Waals surface area (Å²) < 4.78 is 4.50. The van der Waals surface area contributed by atoms with Crippen LogP contribution in [0.15, 0.2) is 52.3 Å². The van der Waals surface area contributed by atoms with Crippen molar-refractivity contribution in [1.29, 1.82) is 0 Å². The van der Waals surface area contributed by atoms with Gasteiger partial charge in [-0.2, -0.15) is 0 Å². The molecule has 1 N–H and O–H groups in total. The van der Waals surface area contributed by atoms with Gasteiger partial charge in [-0.3, -0.25) is 14.2 Å². The first kappa shape index (κ1) is 19.6. The number of aryl methyl sites for hydroxylation is 3. The molecule has 4 rings (SSSR count). The van der Waals surface area contributed by atoms with E-state index in [9.17, 15) is 14.4 Å². The van der Waals surface area contributed by atoms with Crippen molar-refractivity contribution < 1.29 is 4.79 Å². The molecule has 0 spiro atoms. The third kappa shape index (κ3) is 3.89. The van der Waals surface area contributed by atoms with E-state index in [0.717, 1.165) is 41.0 Å². The Morgan fingerprint density at radius 1 is 1.17 bits per heavy atom. The average molecular weight is 405 g/mol. The molecule has 2 aromatic heterocycles. The standard InChI is InChI=1S/C22H23N5O3/c1-25-13-16(21(29)26(2)22(25)30)9-10-20(28)23-17-7-5-6-15(12-17)18-14-27-11-4-3-8-19(27)24-18/h5-7,9-10,12-14H,3-4,8,11H2,1-2H3,(H,23,28). The van der Waals surface area contributed by atoms with Gasteiger partial charge in [0.15, 0.2) is 0 Å². The molecule has 0 saturated heterocycles. The molecule has 30 heavy (non-hydrogen) atoms. The second-order valence-corrected chi connectivity index (χ2v) is 7.44. The smallest absolute Gasteiger partial charge is 0.330 e. The van der Waals surface area contributed by atoms with Gasteiger partial charge in [0.1, 0.15) is 5.82 Å². The first-order valence-electron chi connectivity index (χ1n) is 9.84. The number of hydrogen-bond acceptors (Lipinski definition) is 4. The SMILES string of the molecule is Cn1cc(C=CC(=O)Nc2cccc(-c3cn4c(n3)CCCC4)c2)c(=O)n(C)c1=O. The summed E-state index contributed by atoms with van der Waals surface area (Å²) in [6.45, 7) is 0.994. The number of carbonyl (C=O) groups is 1. The van der Waals surface area contributed by atoms with Gasteiger partial charge >= 0.3 is 5.69 Å². The Hall–Kier alpha value is -3.68. The average Bonchev–Trinajstić information content (AvgIpc) is 3.18. The van der Waals surface area contributed by atoms with Crippen LogP contribution >= 0.6 is 0 Å². The van der Waals surface area contributed by atoms with Crippen LogP contribution in [0.2, 0.25) is 0 Å². The van der Waals surface area contributed by atoms with Crippen molar-refractivity contribution in [1.82, 2.24) is 18.7 Å². The van der Waals surface area contributed by atoms with E-state index in [-0.39, 0.29) is 11.5 Å². The van der Waals surface area contributed by atoms with Crippen LogP contribution < -0.4 is 16.6 Å². The Bertz CT molecular complexity index is 1240.